The van der Waals surface area contributed by atoms with Crippen LogP contribution in [0.2, 0.25) is 0 Å². The second kappa shape index (κ2) is 6.58. The number of rotatable bonds is 5. The molecular weight excluding hydrogens is 290 g/mol. The minimum atomic E-state index is 0.113. The number of benzene rings is 1. The highest BCUT2D eigenvalue weighted by Gasteiger charge is 2.25. The largest absolute Gasteiger partial charge is 0.490 e. The molecule has 100 valence electrons. The van der Waals surface area contributed by atoms with Crippen LogP contribution in [-0.2, 0) is 0 Å². The fraction of sp³-hybridized carbons (Fsp3) is 0.600. The maximum absolute atomic E-state index is 6.24. The van der Waals surface area contributed by atoms with Crippen LogP contribution in [0.25, 0.3) is 0 Å². The molecule has 0 spiro atoms. The van der Waals surface area contributed by atoms with Crippen molar-refractivity contribution in [3.63, 3.8) is 0 Å². The fourth-order valence-corrected chi connectivity index (χ4v) is 2.91. The van der Waals surface area contributed by atoms with Crippen molar-refractivity contribution in [1.82, 2.24) is 0 Å². The van der Waals surface area contributed by atoms with Crippen molar-refractivity contribution in [2.45, 2.75) is 57.6 Å². The maximum Gasteiger partial charge on any atom is 0.124 e. The molecule has 3 heteroatoms. The van der Waals surface area contributed by atoms with E-state index in [1.807, 2.05) is 12.1 Å². The topological polar surface area (TPSA) is 35.2 Å². The molecule has 1 aliphatic rings. The lowest BCUT2D eigenvalue weighted by Crippen LogP contribution is -2.29. The first kappa shape index (κ1) is 13.9. The highest BCUT2D eigenvalue weighted by molar-refractivity contribution is 9.10. The van der Waals surface area contributed by atoms with Crippen LogP contribution in [0.15, 0.2) is 22.7 Å². The lowest BCUT2D eigenvalue weighted by molar-refractivity contribution is 0.146. The highest BCUT2D eigenvalue weighted by Crippen LogP contribution is 2.36. The third-order valence-electron chi connectivity index (χ3n) is 3.56. The number of nitrogens with two attached hydrogens (primary N) is 1. The third kappa shape index (κ3) is 3.48. The Balaban J connectivity index is 1.93. The van der Waals surface area contributed by atoms with Gasteiger partial charge >= 0.3 is 0 Å². The van der Waals surface area contributed by atoms with Gasteiger partial charge in [0.15, 0.2) is 0 Å². The molecule has 1 unspecified atom stereocenters. The van der Waals surface area contributed by atoms with Crippen molar-refractivity contribution in [2.24, 2.45) is 5.73 Å². The molecule has 0 radical (unpaired) electrons. The summed E-state index contributed by atoms with van der Waals surface area (Å²) in [4.78, 5) is 0. The Morgan fingerprint density at radius 3 is 2.94 bits per heavy atom. The van der Waals surface area contributed by atoms with Crippen LogP contribution >= 0.6 is 15.9 Å². The van der Waals surface area contributed by atoms with Crippen LogP contribution in [-0.4, -0.2) is 6.10 Å². The first-order valence-electron chi connectivity index (χ1n) is 6.92. The van der Waals surface area contributed by atoms with Crippen LogP contribution in [0.1, 0.15) is 57.1 Å². The molecule has 18 heavy (non-hydrogen) atoms. The molecule has 2 rings (SSSR count). The van der Waals surface area contributed by atoms with Gasteiger partial charge in [0.1, 0.15) is 11.9 Å². The Bertz CT molecular complexity index is 394. The molecule has 1 aliphatic heterocycles. The SMILES string of the molecule is CCCCCCC1C[C@H](N)c2cc(Br)ccc2O1. The molecule has 0 saturated carbocycles. The van der Waals surface area contributed by atoms with E-state index in [0.29, 0.717) is 6.10 Å². The van der Waals surface area contributed by atoms with E-state index in [4.69, 9.17) is 10.5 Å². The van der Waals surface area contributed by atoms with Gasteiger partial charge in [-0.15, -0.1) is 0 Å². The summed E-state index contributed by atoms with van der Waals surface area (Å²) in [5.74, 6) is 0.970. The minimum absolute atomic E-state index is 0.113. The van der Waals surface area contributed by atoms with E-state index >= 15 is 0 Å². The van der Waals surface area contributed by atoms with Crippen molar-refractivity contribution in [1.29, 1.82) is 0 Å². The summed E-state index contributed by atoms with van der Waals surface area (Å²) in [5, 5.41) is 0. The van der Waals surface area contributed by atoms with Gasteiger partial charge in [-0.3, -0.25) is 0 Å². The number of unbranched alkanes of at least 4 members (excludes halogenated alkanes) is 3. The van der Waals surface area contributed by atoms with Gasteiger partial charge < -0.3 is 10.5 Å². The van der Waals surface area contributed by atoms with E-state index in [1.165, 1.54) is 25.7 Å². The van der Waals surface area contributed by atoms with Crippen LogP contribution < -0.4 is 10.5 Å². The van der Waals surface area contributed by atoms with E-state index in [1.54, 1.807) is 0 Å². The lowest BCUT2D eigenvalue weighted by atomic mass is 9.94. The average Bonchev–Trinajstić information content (AvgIpc) is 2.36. The second-order valence-corrected chi connectivity index (χ2v) is 6.03. The summed E-state index contributed by atoms with van der Waals surface area (Å²) in [6.45, 7) is 2.24. The minimum Gasteiger partial charge on any atom is -0.490 e. The summed E-state index contributed by atoms with van der Waals surface area (Å²) in [6, 6.07) is 6.23. The van der Waals surface area contributed by atoms with Gasteiger partial charge in [-0.1, -0.05) is 42.1 Å². The Morgan fingerprint density at radius 2 is 2.17 bits per heavy atom. The molecule has 1 heterocycles. The Kier molecular flexibility index (Phi) is 5.07. The molecule has 0 amide bonds. The van der Waals surface area contributed by atoms with Gasteiger partial charge in [-0.2, -0.15) is 0 Å². The molecule has 0 fully saturated rings. The van der Waals surface area contributed by atoms with Gasteiger partial charge in [0.05, 0.1) is 0 Å². The summed E-state index contributed by atoms with van der Waals surface area (Å²) in [7, 11) is 0. The van der Waals surface area contributed by atoms with E-state index < -0.39 is 0 Å². The van der Waals surface area contributed by atoms with Gasteiger partial charge in [0.2, 0.25) is 0 Å². The zero-order chi connectivity index (χ0) is 13.0. The van der Waals surface area contributed by atoms with Crippen LogP contribution in [0.4, 0.5) is 0 Å². The Morgan fingerprint density at radius 1 is 1.33 bits per heavy atom. The summed E-state index contributed by atoms with van der Waals surface area (Å²) >= 11 is 3.48. The molecule has 2 N–H and O–H groups in total. The number of hydrogen-bond donors (Lipinski definition) is 1. The third-order valence-corrected chi connectivity index (χ3v) is 4.05. The van der Waals surface area contributed by atoms with E-state index in [9.17, 15) is 0 Å². The van der Waals surface area contributed by atoms with Crippen molar-refractivity contribution in [3.05, 3.63) is 28.2 Å². The van der Waals surface area contributed by atoms with Crippen LogP contribution in [0, 0.1) is 0 Å². The summed E-state index contributed by atoms with van der Waals surface area (Å²) in [6.07, 6.45) is 7.52. The lowest BCUT2D eigenvalue weighted by Gasteiger charge is -2.30. The number of fused-ring (bicyclic) bond motifs is 1. The fourth-order valence-electron chi connectivity index (χ4n) is 2.53. The summed E-state index contributed by atoms with van der Waals surface area (Å²) in [5.41, 5.74) is 7.37. The number of halogens is 1. The van der Waals surface area contributed by atoms with Crippen molar-refractivity contribution < 1.29 is 4.74 Å². The monoisotopic (exact) mass is 311 g/mol. The number of ether oxygens (including phenoxy) is 1. The molecule has 2 atom stereocenters. The zero-order valence-corrected chi connectivity index (χ0v) is 12.6. The normalized spacial score (nSPS) is 22.4. The standard InChI is InChI=1S/C15H22BrNO/c1-2-3-4-5-6-12-10-14(17)13-9-11(16)7-8-15(13)18-12/h7-9,12,14H,2-6,10,17H2,1H3/t12?,14-/m0/s1. The first-order chi connectivity index (χ1) is 8.70. The predicted octanol–water partition coefficient (Wildman–Crippen LogP) is 4.57. The highest BCUT2D eigenvalue weighted by atomic mass is 79.9. The molecule has 1 aromatic rings. The molecule has 0 bridgehead atoms. The molecule has 2 nitrogen and oxygen atoms in total. The maximum atomic E-state index is 6.24. The first-order valence-corrected chi connectivity index (χ1v) is 7.71. The second-order valence-electron chi connectivity index (χ2n) is 5.11. The van der Waals surface area contributed by atoms with Gasteiger partial charge in [0.25, 0.3) is 0 Å². The van der Waals surface area contributed by atoms with Gasteiger partial charge in [0, 0.05) is 22.5 Å². The quantitative estimate of drug-likeness (QED) is 0.808. The van der Waals surface area contributed by atoms with Gasteiger partial charge in [-0.25, -0.2) is 0 Å². The molecule has 0 aliphatic carbocycles. The van der Waals surface area contributed by atoms with Crippen LogP contribution in [0.5, 0.6) is 5.75 Å². The van der Waals surface area contributed by atoms with E-state index in [2.05, 4.69) is 28.9 Å². The van der Waals surface area contributed by atoms with Crippen molar-refractivity contribution >= 4 is 15.9 Å². The van der Waals surface area contributed by atoms with E-state index in [-0.39, 0.29) is 6.04 Å². The van der Waals surface area contributed by atoms with Gasteiger partial charge in [-0.05, 0) is 31.0 Å². The molecular formula is C15H22BrNO. The predicted molar refractivity (Wildman–Crippen MR) is 78.9 cm³/mol. The van der Waals surface area contributed by atoms with Crippen LogP contribution in [0.3, 0.4) is 0 Å². The summed E-state index contributed by atoms with van der Waals surface area (Å²) < 4.78 is 7.11. The Labute approximate surface area is 118 Å². The van der Waals surface area contributed by atoms with Crippen molar-refractivity contribution in [3.8, 4) is 5.75 Å². The molecule has 0 aromatic heterocycles. The average molecular weight is 312 g/mol. The van der Waals surface area contributed by atoms with E-state index in [0.717, 1.165) is 28.6 Å². The zero-order valence-electron chi connectivity index (χ0n) is 11.0. The van der Waals surface area contributed by atoms with Crippen molar-refractivity contribution in [2.75, 3.05) is 0 Å². The molecule has 1 aromatic carbocycles. The smallest absolute Gasteiger partial charge is 0.124 e. The Hall–Kier alpha value is -0.540. The number of hydrogen-bond acceptors (Lipinski definition) is 2. The molecule has 0 saturated heterocycles.